The van der Waals surface area contributed by atoms with E-state index in [4.69, 9.17) is 4.74 Å². The number of rotatable bonds is 4. The first-order valence-corrected chi connectivity index (χ1v) is 5.66. The second-order valence-corrected chi connectivity index (χ2v) is 3.89. The summed E-state index contributed by atoms with van der Waals surface area (Å²) in [6.07, 6.45) is 6.45. The van der Waals surface area contributed by atoms with Crippen LogP contribution in [0.2, 0.25) is 0 Å². The van der Waals surface area contributed by atoms with Gasteiger partial charge in [-0.2, -0.15) is 0 Å². The minimum Gasteiger partial charge on any atom is -0.376 e. The predicted octanol–water partition coefficient (Wildman–Crippen LogP) is 1.34. The van der Waals surface area contributed by atoms with Crippen LogP contribution in [0.3, 0.4) is 0 Å². The molecular formula is C11H19N3O. The molecule has 0 amide bonds. The highest BCUT2D eigenvalue weighted by Crippen LogP contribution is 2.25. The molecule has 2 unspecified atom stereocenters. The summed E-state index contributed by atoms with van der Waals surface area (Å²) < 4.78 is 7.88. The Labute approximate surface area is 90.6 Å². The Morgan fingerprint density at radius 3 is 3.20 bits per heavy atom. The van der Waals surface area contributed by atoms with E-state index < -0.39 is 0 Å². The summed E-state index contributed by atoms with van der Waals surface area (Å²) in [5.41, 5.74) is 0. The topological polar surface area (TPSA) is 39.1 Å². The lowest BCUT2D eigenvalue weighted by atomic mass is 10.1. The third kappa shape index (κ3) is 2.06. The van der Waals surface area contributed by atoms with Crippen LogP contribution in [0.15, 0.2) is 12.4 Å². The van der Waals surface area contributed by atoms with Gasteiger partial charge in [0.25, 0.3) is 0 Å². The number of likely N-dealkylation sites (N-methyl/N-ethyl adjacent to an activating group) is 1. The van der Waals surface area contributed by atoms with Crippen LogP contribution in [0.1, 0.15) is 31.6 Å². The Kier molecular flexibility index (Phi) is 3.38. The van der Waals surface area contributed by atoms with E-state index in [1.54, 1.807) is 0 Å². The Hall–Kier alpha value is -0.870. The molecular weight excluding hydrogens is 190 g/mol. The van der Waals surface area contributed by atoms with Crippen molar-refractivity contribution in [2.45, 2.75) is 38.5 Å². The van der Waals surface area contributed by atoms with Crippen molar-refractivity contribution in [1.29, 1.82) is 0 Å². The summed E-state index contributed by atoms with van der Waals surface area (Å²) in [6.45, 7) is 3.98. The number of aromatic nitrogens is 2. The average molecular weight is 209 g/mol. The lowest BCUT2D eigenvalue weighted by molar-refractivity contribution is 0.0770. The van der Waals surface area contributed by atoms with Crippen LogP contribution in [-0.2, 0) is 11.3 Å². The maximum absolute atomic E-state index is 5.71. The SMILES string of the molecule is CCn1ccnc1C(NC)C1CCCO1. The molecule has 1 saturated heterocycles. The first-order valence-electron chi connectivity index (χ1n) is 5.66. The average Bonchev–Trinajstić information content (AvgIpc) is 2.89. The Morgan fingerprint density at radius 2 is 2.60 bits per heavy atom. The van der Waals surface area contributed by atoms with Crippen molar-refractivity contribution in [2.24, 2.45) is 0 Å². The molecule has 0 spiro atoms. The normalized spacial score (nSPS) is 23.2. The molecule has 0 radical (unpaired) electrons. The fraction of sp³-hybridized carbons (Fsp3) is 0.727. The number of imidazole rings is 1. The van der Waals surface area contributed by atoms with Crippen LogP contribution in [0.5, 0.6) is 0 Å². The van der Waals surface area contributed by atoms with Crippen molar-refractivity contribution in [2.75, 3.05) is 13.7 Å². The third-order valence-electron chi connectivity index (χ3n) is 3.01. The highest BCUT2D eigenvalue weighted by Gasteiger charge is 2.28. The molecule has 1 aliphatic rings. The summed E-state index contributed by atoms with van der Waals surface area (Å²) in [5, 5.41) is 3.31. The Bertz CT molecular complexity index is 305. The molecule has 0 aromatic carbocycles. The molecule has 1 aromatic heterocycles. The molecule has 4 heteroatoms. The molecule has 2 atom stereocenters. The van der Waals surface area contributed by atoms with Crippen LogP contribution in [0, 0.1) is 0 Å². The first-order chi connectivity index (χ1) is 7.36. The van der Waals surface area contributed by atoms with Gasteiger partial charge in [-0.05, 0) is 26.8 Å². The molecule has 0 saturated carbocycles. The van der Waals surface area contributed by atoms with E-state index >= 15 is 0 Å². The maximum atomic E-state index is 5.71. The Morgan fingerprint density at radius 1 is 1.73 bits per heavy atom. The summed E-state index contributed by atoms with van der Waals surface area (Å²) in [4.78, 5) is 4.42. The number of hydrogen-bond acceptors (Lipinski definition) is 3. The first kappa shape index (κ1) is 10.6. The summed E-state index contributed by atoms with van der Waals surface area (Å²) in [6, 6.07) is 0.224. The minimum absolute atomic E-state index is 0.224. The van der Waals surface area contributed by atoms with Crippen molar-refractivity contribution < 1.29 is 4.74 Å². The smallest absolute Gasteiger partial charge is 0.128 e. The molecule has 1 N–H and O–H groups in total. The molecule has 2 rings (SSSR count). The zero-order valence-electron chi connectivity index (χ0n) is 9.44. The summed E-state index contributed by atoms with van der Waals surface area (Å²) in [5.74, 6) is 1.09. The van der Waals surface area contributed by atoms with E-state index in [9.17, 15) is 0 Å². The van der Waals surface area contributed by atoms with Crippen molar-refractivity contribution in [3.8, 4) is 0 Å². The molecule has 2 heterocycles. The number of nitrogens with one attached hydrogen (secondary N) is 1. The second kappa shape index (κ2) is 4.77. The fourth-order valence-corrected chi connectivity index (χ4v) is 2.21. The largest absolute Gasteiger partial charge is 0.376 e. The monoisotopic (exact) mass is 209 g/mol. The summed E-state index contributed by atoms with van der Waals surface area (Å²) in [7, 11) is 1.97. The van der Waals surface area contributed by atoms with Gasteiger partial charge in [0.15, 0.2) is 0 Å². The van der Waals surface area contributed by atoms with E-state index in [1.807, 2.05) is 19.4 Å². The van der Waals surface area contributed by atoms with Gasteiger partial charge < -0.3 is 14.6 Å². The molecule has 1 aliphatic heterocycles. The maximum Gasteiger partial charge on any atom is 0.128 e. The van der Waals surface area contributed by atoms with Gasteiger partial charge in [0.05, 0.1) is 12.1 Å². The van der Waals surface area contributed by atoms with Gasteiger partial charge in [-0.1, -0.05) is 0 Å². The van der Waals surface area contributed by atoms with Crippen molar-refractivity contribution >= 4 is 0 Å². The van der Waals surface area contributed by atoms with Crippen LogP contribution < -0.4 is 5.32 Å². The van der Waals surface area contributed by atoms with Crippen LogP contribution >= 0.6 is 0 Å². The van der Waals surface area contributed by atoms with E-state index in [2.05, 4.69) is 21.8 Å². The molecule has 84 valence electrons. The highest BCUT2D eigenvalue weighted by atomic mass is 16.5. The highest BCUT2D eigenvalue weighted by molar-refractivity contribution is 5.02. The van der Waals surface area contributed by atoms with Gasteiger partial charge in [0, 0.05) is 25.5 Å². The van der Waals surface area contributed by atoms with E-state index in [0.717, 1.165) is 31.8 Å². The van der Waals surface area contributed by atoms with Crippen molar-refractivity contribution in [3.63, 3.8) is 0 Å². The van der Waals surface area contributed by atoms with Gasteiger partial charge in [-0.25, -0.2) is 4.98 Å². The molecule has 1 aromatic rings. The van der Waals surface area contributed by atoms with E-state index in [-0.39, 0.29) is 12.1 Å². The van der Waals surface area contributed by atoms with Gasteiger partial charge in [0.2, 0.25) is 0 Å². The number of nitrogens with zero attached hydrogens (tertiary/aromatic N) is 2. The molecule has 1 fully saturated rings. The minimum atomic E-state index is 0.224. The molecule has 4 nitrogen and oxygen atoms in total. The van der Waals surface area contributed by atoms with Crippen LogP contribution in [0.25, 0.3) is 0 Å². The van der Waals surface area contributed by atoms with E-state index in [1.165, 1.54) is 0 Å². The quantitative estimate of drug-likeness (QED) is 0.813. The van der Waals surface area contributed by atoms with Crippen molar-refractivity contribution in [1.82, 2.24) is 14.9 Å². The van der Waals surface area contributed by atoms with E-state index in [0.29, 0.717) is 0 Å². The van der Waals surface area contributed by atoms with Gasteiger partial charge in [-0.15, -0.1) is 0 Å². The zero-order valence-corrected chi connectivity index (χ0v) is 9.44. The Balaban J connectivity index is 2.17. The second-order valence-electron chi connectivity index (χ2n) is 3.89. The number of ether oxygens (including phenoxy) is 1. The molecule has 0 bridgehead atoms. The van der Waals surface area contributed by atoms with Gasteiger partial charge in [-0.3, -0.25) is 0 Å². The lowest BCUT2D eigenvalue weighted by Gasteiger charge is -2.22. The van der Waals surface area contributed by atoms with Gasteiger partial charge >= 0.3 is 0 Å². The van der Waals surface area contributed by atoms with Crippen molar-refractivity contribution in [3.05, 3.63) is 18.2 Å². The third-order valence-corrected chi connectivity index (χ3v) is 3.01. The van der Waals surface area contributed by atoms with Crippen LogP contribution in [0.4, 0.5) is 0 Å². The molecule has 0 aliphatic carbocycles. The standard InChI is InChI=1S/C11H19N3O/c1-3-14-7-6-13-11(14)10(12-2)9-5-4-8-15-9/h6-7,9-10,12H,3-5,8H2,1-2H3. The van der Waals surface area contributed by atoms with Crippen LogP contribution in [-0.4, -0.2) is 29.3 Å². The summed E-state index contributed by atoms with van der Waals surface area (Å²) >= 11 is 0. The molecule has 15 heavy (non-hydrogen) atoms. The van der Waals surface area contributed by atoms with Gasteiger partial charge in [0.1, 0.15) is 5.82 Å². The fourth-order valence-electron chi connectivity index (χ4n) is 2.21. The zero-order chi connectivity index (χ0) is 10.7. The number of aryl methyl sites for hydroxylation is 1. The number of hydrogen-bond donors (Lipinski definition) is 1. The lowest BCUT2D eigenvalue weighted by Crippen LogP contribution is -2.31. The predicted molar refractivity (Wildman–Crippen MR) is 58.7 cm³/mol.